The first-order chi connectivity index (χ1) is 11.0. The van der Waals surface area contributed by atoms with Gasteiger partial charge in [-0.2, -0.15) is 0 Å². The molecule has 2 rings (SSSR count). The molecule has 6 heteroatoms. The molecular weight excluding hydrogens is 344 g/mol. The molecule has 4 nitrogen and oxygen atoms in total. The number of hydrogen-bond acceptors (Lipinski definition) is 4. The summed E-state index contributed by atoms with van der Waals surface area (Å²) in [5.74, 6) is 0. The second kappa shape index (κ2) is 6.33. The number of rotatable bonds is 4. The predicted molar refractivity (Wildman–Crippen MR) is 95.7 cm³/mol. The molecular formula is C18H22O4S2. The third kappa shape index (κ3) is 3.26. The molecule has 2 aromatic carbocycles. The molecule has 0 aliphatic carbocycles. The van der Waals surface area contributed by atoms with E-state index in [-0.39, 0.29) is 9.79 Å². The summed E-state index contributed by atoms with van der Waals surface area (Å²) >= 11 is 0. The summed E-state index contributed by atoms with van der Waals surface area (Å²) in [6, 6.07) is 9.79. The molecule has 0 N–H and O–H groups in total. The Morgan fingerprint density at radius 2 is 1.00 bits per heavy atom. The van der Waals surface area contributed by atoms with Crippen LogP contribution in [-0.2, 0) is 19.7 Å². The highest BCUT2D eigenvalue weighted by atomic mass is 32.3. The van der Waals surface area contributed by atoms with Crippen LogP contribution < -0.4 is 0 Å². The zero-order valence-electron chi connectivity index (χ0n) is 14.5. The van der Waals surface area contributed by atoms with E-state index in [1.807, 2.05) is 13.8 Å². The van der Waals surface area contributed by atoms with Crippen LogP contribution in [0.5, 0.6) is 0 Å². The van der Waals surface area contributed by atoms with Crippen molar-refractivity contribution in [1.82, 2.24) is 0 Å². The molecule has 0 radical (unpaired) electrons. The molecule has 0 aromatic heterocycles. The summed E-state index contributed by atoms with van der Waals surface area (Å²) in [5, 5.41) is 0. The lowest BCUT2D eigenvalue weighted by Gasteiger charge is -2.17. The Balaban J connectivity index is 2.58. The van der Waals surface area contributed by atoms with Gasteiger partial charge in [0.15, 0.2) is 24.3 Å². The minimum absolute atomic E-state index is 0.0638. The van der Waals surface area contributed by atoms with Gasteiger partial charge in [0.25, 0.3) is 0 Å². The van der Waals surface area contributed by atoms with Crippen LogP contribution in [0.4, 0.5) is 0 Å². The molecule has 0 fully saturated rings. The normalized spacial score (nSPS) is 12.6. The van der Waals surface area contributed by atoms with Crippen LogP contribution >= 0.6 is 0 Å². The summed E-state index contributed by atoms with van der Waals surface area (Å²) in [6.07, 6.45) is 0. The fourth-order valence-electron chi connectivity index (χ4n) is 2.76. The van der Waals surface area contributed by atoms with E-state index in [0.29, 0.717) is 11.1 Å². The lowest BCUT2D eigenvalue weighted by atomic mass is 10.2. The third-order valence-electron chi connectivity index (χ3n) is 4.15. The van der Waals surface area contributed by atoms with Gasteiger partial charge in [-0.05, 0) is 57.9 Å². The third-order valence-corrected chi connectivity index (χ3v) is 9.56. The highest BCUT2D eigenvalue weighted by molar-refractivity contribution is 8.09. The lowest BCUT2D eigenvalue weighted by Crippen LogP contribution is -2.28. The Kier molecular flexibility index (Phi) is 4.93. The van der Waals surface area contributed by atoms with Crippen LogP contribution in [0.2, 0.25) is 0 Å². The number of hydrogen-bond donors (Lipinski definition) is 0. The van der Waals surface area contributed by atoms with Crippen molar-refractivity contribution in [3.05, 3.63) is 58.7 Å². The Bertz CT molecular complexity index is 906. The van der Waals surface area contributed by atoms with Gasteiger partial charge < -0.3 is 0 Å². The first-order valence-corrected chi connectivity index (χ1v) is 10.7. The molecule has 0 spiro atoms. The molecule has 0 heterocycles. The summed E-state index contributed by atoms with van der Waals surface area (Å²) < 4.78 is 50.0. The van der Waals surface area contributed by atoms with E-state index < -0.39 is 24.3 Å². The van der Waals surface area contributed by atoms with E-state index in [2.05, 4.69) is 0 Å². The van der Waals surface area contributed by atoms with E-state index in [1.165, 1.54) is 19.1 Å². The molecule has 0 aliphatic heterocycles. The van der Waals surface area contributed by atoms with Crippen molar-refractivity contribution in [2.45, 2.75) is 49.0 Å². The number of aryl methyl sites for hydroxylation is 4. The van der Waals surface area contributed by atoms with Crippen LogP contribution in [-0.4, -0.2) is 21.4 Å². The van der Waals surface area contributed by atoms with E-state index in [9.17, 15) is 16.8 Å². The molecule has 0 atom stereocenters. The Morgan fingerprint density at radius 1 is 0.667 bits per heavy atom. The van der Waals surface area contributed by atoms with E-state index in [4.69, 9.17) is 0 Å². The van der Waals surface area contributed by atoms with Gasteiger partial charge in [-0.15, -0.1) is 0 Å². The maximum Gasteiger partial charge on any atom is 0.195 e. The van der Waals surface area contributed by atoms with Crippen LogP contribution in [0.15, 0.2) is 46.2 Å². The van der Waals surface area contributed by atoms with Gasteiger partial charge in [-0.25, -0.2) is 16.8 Å². The summed E-state index contributed by atoms with van der Waals surface area (Å²) in [5.41, 5.74) is 2.96. The number of benzene rings is 2. The topological polar surface area (TPSA) is 68.3 Å². The Labute approximate surface area is 144 Å². The van der Waals surface area contributed by atoms with Crippen LogP contribution in [0.3, 0.4) is 0 Å². The summed E-state index contributed by atoms with van der Waals surface area (Å²) in [4.78, 5) is 0.128. The van der Waals surface area contributed by atoms with Gasteiger partial charge in [-0.1, -0.05) is 35.4 Å². The van der Waals surface area contributed by atoms with Gasteiger partial charge in [-0.3, -0.25) is 0 Å². The fraction of sp³-hybridized carbons (Fsp3) is 0.333. The molecule has 24 heavy (non-hydrogen) atoms. The fourth-order valence-corrected chi connectivity index (χ4v) is 6.96. The van der Waals surface area contributed by atoms with E-state index >= 15 is 0 Å². The highest BCUT2D eigenvalue weighted by Gasteiger charge is 2.37. The highest BCUT2D eigenvalue weighted by Crippen LogP contribution is 2.29. The minimum atomic E-state index is -4.01. The SMILES string of the molecule is Cc1ccc(S(=O)(=O)C(C)S(=O)(=O)c2ccc(C)cc2C)c(C)c1. The van der Waals surface area contributed by atoms with Crippen molar-refractivity contribution in [3.63, 3.8) is 0 Å². The van der Waals surface area contributed by atoms with E-state index in [1.54, 1.807) is 38.1 Å². The zero-order valence-corrected chi connectivity index (χ0v) is 16.1. The van der Waals surface area contributed by atoms with Crippen molar-refractivity contribution in [2.75, 3.05) is 0 Å². The molecule has 2 aromatic rings. The molecule has 0 saturated heterocycles. The van der Waals surface area contributed by atoms with Crippen molar-refractivity contribution in [2.24, 2.45) is 0 Å². The van der Waals surface area contributed by atoms with Gasteiger partial charge in [0.1, 0.15) is 0 Å². The Morgan fingerprint density at radius 3 is 1.29 bits per heavy atom. The monoisotopic (exact) mass is 366 g/mol. The van der Waals surface area contributed by atoms with Crippen molar-refractivity contribution in [1.29, 1.82) is 0 Å². The van der Waals surface area contributed by atoms with Gasteiger partial charge in [0.2, 0.25) is 0 Å². The first-order valence-electron chi connectivity index (χ1n) is 7.60. The molecule has 0 aliphatic rings. The zero-order chi connectivity index (χ0) is 18.3. The Hall–Kier alpha value is -1.66. The summed E-state index contributed by atoms with van der Waals surface area (Å²) in [6.45, 7) is 8.31. The summed E-state index contributed by atoms with van der Waals surface area (Å²) in [7, 11) is -8.01. The standard InChI is InChI=1S/C18H22O4S2/c1-12-6-8-17(14(3)10-12)23(19,20)16(5)24(21,22)18-9-7-13(2)11-15(18)4/h6-11,16H,1-5H3. The van der Waals surface area contributed by atoms with Crippen LogP contribution in [0, 0.1) is 27.7 Å². The van der Waals surface area contributed by atoms with Crippen LogP contribution in [0.25, 0.3) is 0 Å². The molecule has 0 amide bonds. The number of sulfone groups is 2. The lowest BCUT2D eigenvalue weighted by molar-refractivity contribution is 0.577. The molecule has 0 saturated carbocycles. The second-order valence-corrected chi connectivity index (χ2v) is 11.0. The maximum atomic E-state index is 12.9. The molecule has 0 bridgehead atoms. The van der Waals surface area contributed by atoms with Crippen molar-refractivity contribution < 1.29 is 16.8 Å². The quantitative estimate of drug-likeness (QED) is 0.830. The van der Waals surface area contributed by atoms with Crippen molar-refractivity contribution in [3.8, 4) is 0 Å². The van der Waals surface area contributed by atoms with Gasteiger partial charge in [0, 0.05) is 0 Å². The van der Waals surface area contributed by atoms with E-state index in [0.717, 1.165) is 11.1 Å². The predicted octanol–water partition coefficient (Wildman–Crippen LogP) is 3.51. The average molecular weight is 367 g/mol. The average Bonchev–Trinajstić information content (AvgIpc) is 2.45. The van der Waals surface area contributed by atoms with Crippen LogP contribution in [0.1, 0.15) is 29.2 Å². The molecule has 130 valence electrons. The smallest absolute Gasteiger partial charge is 0.195 e. The largest absolute Gasteiger partial charge is 0.222 e. The first kappa shape index (κ1) is 18.7. The van der Waals surface area contributed by atoms with Gasteiger partial charge in [0.05, 0.1) is 9.79 Å². The maximum absolute atomic E-state index is 12.9. The van der Waals surface area contributed by atoms with Crippen molar-refractivity contribution >= 4 is 19.7 Å². The van der Waals surface area contributed by atoms with Gasteiger partial charge >= 0.3 is 0 Å². The second-order valence-electron chi connectivity index (χ2n) is 6.20. The minimum Gasteiger partial charge on any atom is -0.222 e. The molecule has 0 unspecified atom stereocenters.